The number of rotatable bonds is 4. The molecule has 0 saturated heterocycles. The van der Waals surface area contributed by atoms with E-state index in [0.29, 0.717) is 6.42 Å². The van der Waals surface area contributed by atoms with Crippen molar-refractivity contribution >= 4 is 18.0 Å². The zero-order valence-corrected chi connectivity index (χ0v) is 23.6. The first-order chi connectivity index (χ1) is 16.6. The van der Waals surface area contributed by atoms with Crippen LogP contribution in [0.2, 0.25) is 0 Å². The van der Waals surface area contributed by atoms with Crippen LogP contribution in [0.5, 0.6) is 0 Å². The van der Waals surface area contributed by atoms with Gasteiger partial charge in [-0.1, -0.05) is 47.1 Å². The van der Waals surface area contributed by atoms with Crippen LogP contribution >= 0.6 is 0 Å². The molecule has 0 radical (unpaired) electrons. The fourth-order valence-corrected chi connectivity index (χ4v) is 9.71. The van der Waals surface area contributed by atoms with Crippen LogP contribution in [0.15, 0.2) is 11.6 Å². The van der Waals surface area contributed by atoms with Crippen molar-refractivity contribution in [2.24, 2.45) is 50.2 Å². The Morgan fingerprint density at radius 3 is 2.36 bits per heavy atom. The Kier molecular flexibility index (Phi) is 6.22. The molecule has 3 fully saturated rings. The van der Waals surface area contributed by atoms with E-state index in [2.05, 4.69) is 33.8 Å². The van der Waals surface area contributed by atoms with E-state index >= 15 is 0 Å². The van der Waals surface area contributed by atoms with Crippen LogP contribution in [-0.2, 0) is 19.1 Å². The Labute approximate surface area is 217 Å². The first-order valence-electron chi connectivity index (χ1n) is 13.8. The normalized spacial score (nSPS) is 46.4. The number of nitriles is 1. The standard InChI is InChI=1S/C31H45NO4/c1-26(2,19-33)23-9-10-31(7)24(29(23,5)15-16-32)22(34)17-20-21-18-28(4,25(35)36-8)12-11-27(21,3)13-14-30(20,31)6/h17,19,21,23-24H,9-15,18H2,1-8H3/t21-,23-,24+,27+,28-,29-,30+,31+/m0/s1. The number of carbonyl (C=O) groups is 3. The van der Waals surface area contributed by atoms with E-state index in [1.807, 2.05) is 26.8 Å². The average Bonchev–Trinajstić information content (AvgIpc) is 2.81. The third-order valence-electron chi connectivity index (χ3n) is 12.2. The van der Waals surface area contributed by atoms with E-state index in [1.54, 1.807) is 0 Å². The number of hydrogen-bond acceptors (Lipinski definition) is 5. The zero-order chi connectivity index (χ0) is 26.9. The molecule has 36 heavy (non-hydrogen) atoms. The minimum Gasteiger partial charge on any atom is -0.469 e. The Hall–Kier alpha value is -1.96. The summed E-state index contributed by atoms with van der Waals surface area (Å²) in [7, 11) is 1.47. The maximum atomic E-state index is 14.2. The van der Waals surface area contributed by atoms with Crippen molar-refractivity contribution in [3.8, 4) is 6.07 Å². The second-order valence-electron chi connectivity index (χ2n) is 14.5. The maximum Gasteiger partial charge on any atom is 0.311 e. The molecule has 0 aliphatic heterocycles. The number of methoxy groups -OCH3 is 1. The van der Waals surface area contributed by atoms with E-state index < -0.39 is 16.2 Å². The van der Waals surface area contributed by atoms with Crippen LogP contribution < -0.4 is 0 Å². The summed E-state index contributed by atoms with van der Waals surface area (Å²) in [5, 5.41) is 9.91. The van der Waals surface area contributed by atoms with Crippen molar-refractivity contribution in [3.05, 3.63) is 11.6 Å². The van der Waals surface area contributed by atoms with Crippen LogP contribution in [0.1, 0.15) is 99.8 Å². The lowest BCUT2D eigenvalue weighted by molar-refractivity contribution is -0.176. The number of nitrogens with zero attached hydrogens (tertiary/aromatic N) is 1. The number of esters is 1. The number of ether oxygens (including phenoxy) is 1. The summed E-state index contributed by atoms with van der Waals surface area (Å²) < 4.78 is 5.22. The molecule has 0 aromatic carbocycles. The molecule has 0 aromatic rings. The Morgan fingerprint density at radius 2 is 1.78 bits per heavy atom. The van der Waals surface area contributed by atoms with Crippen molar-refractivity contribution in [1.82, 2.24) is 0 Å². The summed E-state index contributed by atoms with van der Waals surface area (Å²) >= 11 is 0. The Balaban J connectivity index is 1.86. The predicted molar refractivity (Wildman–Crippen MR) is 139 cm³/mol. The third-order valence-corrected chi connectivity index (χ3v) is 12.2. The summed E-state index contributed by atoms with van der Waals surface area (Å²) in [5.41, 5.74) is -0.944. The molecule has 0 unspecified atom stereocenters. The van der Waals surface area contributed by atoms with Gasteiger partial charge in [0.2, 0.25) is 0 Å². The third kappa shape index (κ3) is 3.42. The van der Waals surface area contributed by atoms with Gasteiger partial charge in [-0.05, 0) is 91.4 Å². The molecule has 3 saturated carbocycles. The molecule has 8 atom stereocenters. The Bertz CT molecular complexity index is 1050. The number of allylic oxidation sites excluding steroid dienone is 2. The highest BCUT2D eigenvalue weighted by Gasteiger charge is 2.69. The van der Waals surface area contributed by atoms with Gasteiger partial charge in [-0.3, -0.25) is 9.59 Å². The minimum absolute atomic E-state index is 0.0334. The molecule has 4 aliphatic carbocycles. The molecule has 198 valence electrons. The van der Waals surface area contributed by atoms with Gasteiger partial charge >= 0.3 is 5.97 Å². The van der Waals surface area contributed by atoms with E-state index in [9.17, 15) is 19.6 Å². The van der Waals surface area contributed by atoms with Crippen molar-refractivity contribution in [2.45, 2.75) is 99.8 Å². The topological polar surface area (TPSA) is 84.2 Å². The van der Waals surface area contributed by atoms with E-state index in [0.717, 1.165) is 44.8 Å². The van der Waals surface area contributed by atoms with Gasteiger partial charge in [0, 0.05) is 17.8 Å². The molecule has 0 heterocycles. The highest BCUT2D eigenvalue weighted by molar-refractivity contribution is 5.96. The van der Waals surface area contributed by atoms with Crippen molar-refractivity contribution in [1.29, 1.82) is 5.26 Å². The van der Waals surface area contributed by atoms with E-state index in [4.69, 9.17) is 4.74 Å². The molecule has 0 N–H and O–H groups in total. The molecule has 4 rings (SSSR count). The van der Waals surface area contributed by atoms with Crippen LogP contribution in [0.3, 0.4) is 0 Å². The molecule has 5 nitrogen and oxygen atoms in total. The molecule has 0 amide bonds. The summed E-state index contributed by atoms with van der Waals surface area (Å²) in [6.07, 6.45) is 9.46. The van der Waals surface area contributed by atoms with Gasteiger partial charge in [0.25, 0.3) is 0 Å². The van der Waals surface area contributed by atoms with Crippen molar-refractivity contribution < 1.29 is 19.1 Å². The smallest absolute Gasteiger partial charge is 0.311 e. The number of carbonyl (C=O) groups excluding carboxylic acids is 3. The van der Waals surface area contributed by atoms with Crippen LogP contribution in [0.25, 0.3) is 0 Å². The van der Waals surface area contributed by atoms with Crippen LogP contribution in [0.4, 0.5) is 0 Å². The fourth-order valence-electron chi connectivity index (χ4n) is 9.71. The lowest BCUT2D eigenvalue weighted by Gasteiger charge is -2.68. The average molecular weight is 496 g/mol. The Morgan fingerprint density at radius 1 is 1.14 bits per heavy atom. The van der Waals surface area contributed by atoms with Gasteiger partial charge in [-0.2, -0.15) is 5.26 Å². The van der Waals surface area contributed by atoms with Gasteiger partial charge in [-0.15, -0.1) is 0 Å². The fraction of sp³-hybridized carbons (Fsp3) is 0.806. The monoisotopic (exact) mass is 495 g/mol. The maximum absolute atomic E-state index is 14.2. The highest BCUT2D eigenvalue weighted by atomic mass is 16.5. The predicted octanol–water partition coefficient (Wildman–Crippen LogP) is 6.46. The largest absolute Gasteiger partial charge is 0.469 e. The molecule has 0 aromatic heterocycles. The van der Waals surface area contributed by atoms with E-state index in [1.165, 1.54) is 12.7 Å². The summed E-state index contributed by atoms with van der Waals surface area (Å²) in [6.45, 7) is 15.0. The number of aldehydes is 1. The molecule has 4 aliphatic rings. The van der Waals surface area contributed by atoms with Crippen molar-refractivity contribution in [3.63, 3.8) is 0 Å². The first-order valence-corrected chi connectivity index (χ1v) is 13.8. The lowest BCUT2D eigenvalue weighted by atomic mass is 9.34. The molecule has 5 heteroatoms. The number of hydrogen-bond donors (Lipinski definition) is 0. The second-order valence-corrected chi connectivity index (χ2v) is 14.5. The molecular weight excluding hydrogens is 450 g/mol. The SMILES string of the molecule is COC(=O)[C@@]1(C)CC[C@]2(C)CC[C@]3(C)C(=CC(=O)[C@@H]4[C@@](C)(CC#N)[C@H](C(C)(C)C=O)CC[C@]43C)[C@@H]2C1. The summed E-state index contributed by atoms with van der Waals surface area (Å²) in [5.74, 6) is -0.224. The van der Waals surface area contributed by atoms with Crippen molar-refractivity contribution in [2.75, 3.05) is 7.11 Å². The number of ketones is 1. The summed E-state index contributed by atoms with van der Waals surface area (Å²) in [4.78, 5) is 39.2. The summed E-state index contributed by atoms with van der Waals surface area (Å²) in [6, 6.07) is 2.40. The molecule has 0 bridgehead atoms. The van der Waals surface area contributed by atoms with E-state index in [-0.39, 0.29) is 52.2 Å². The van der Waals surface area contributed by atoms with Crippen LogP contribution in [-0.4, -0.2) is 25.1 Å². The highest BCUT2D eigenvalue weighted by Crippen LogP contribution is 2.74. The van der Waals surface area contributed by atoms with Gasteiger partial charge in [-0.25, -0.2) is 0 Å². The van der Waals surface area contributed by atoms with Gasteiger partial charge in [0.15, 0.2) is 5.78 Å². The minimum atomic E-state index is -0.602. The second kappa shape index (κ2) is 8.27. The first kappa shape index (κ1) is 27.1. The van der Waals surface area contributed by atoms with Gasteiger partial charge < -0.3 is 9.53 Å². The van der Waals surface area contributed by atoms with Crippen LogP contribution in [0, 0.1) is 61.6 Å². The quantitative estimate of drug-likeness (QED) is 0.330. The number of fused-ring (bicyclic) bond motifs is 5. The lowest BCUT2D eigenvalue weighted by Crippen LogP contribution is -2.64. The molecular formula is C31H45NO4. The molecule has 0 spiro atoms. The van der Waals surface area contributed by atoms with Gasteiger partial charge in [0.05, 0.1) is 18.6 Å². The zero-order valence-electron chi connectivity index (χ0n) is 23.6. The van der Waals surface area contributed by atoms with Gasteiger partial charge in [0.1, 0.15) is 6.29 Å².